The quantitative estimate of drug-likeness (QED) is 0.713. The van der Waals surface area contributed by atoms with Crippen molar-refractivity contribution in [2.75, 3.05) is 7.05 Å². The fourth-order valence-corrected chi connectivity index (χ4v) is 2.43. The van der Waals surface area contributed by atoms with Gasteiger partial charge in [-0.25, -0.2) is 4.98 Å². The monoisotopic (exact) mass is 317 g/mol. The lowest BCUT2D eigenvalue weighted by molar-refractivity contribution is 0.298. The molecule has 0 radical (unpaired) electrons. The number of aryl methyl sites for hydroxylation is 1. The van der Waals surface area contributed by atoms with Crippen molar-refractivity contribution in [1.29, 1.82) is 0 Å². The van der Waals surface area contributed by atoms with Crippen LogP contribution in [0.15, 0.2) is 45.5 Å². The highest BCUT2D eigenvalue weighted by molar-refractivity contribution is 6.30. The number of benzene rings is 1. The van der Waals surface area contributed by atoms with E-state index in [4.69, 9.17) is 20.5 Å². The largest absolute Gasteiger partial charge is 0.444 e. The lowest BCUT2D eigenvalue weighted by Gasteiger charge is -2.12. The van der Waals surface area contributed by atoms with Gasteiger partial charge in [0, 0.05) is 29.7 Å². The van der Waals surface area contributed by atoms with E-state index < -0.39 is 0 Å². The second-order valence-corrected chi connectivity index (χ2v) is 5.69. The van der Waals surface area contributed by atoms with E-state index in [2.05, 4.69) is 15.0 Å². The third-order valence-electron chi connectivity index (χ3n) is 3.16. The maximum atomic E-state index is 5.98. The summed E-state index contributed by atoms with van der Waals surface area (Å²) in [6, 6.07) is 9.38. The Morgan fingerprint density at radius 2 is 2.00 bits per heavy atom. The van der Waals surface area contributed by atoms with Crippen LogP contribution >= 0.6 is 11.6 Å². The van der Waals surface area contributed by atoms with E-state index >= 15 is 0 Å². The first-order valence-corrected chi connectivity index (χ1v) is 7.29. The Balaban J connectivity index is 1.66. The minimum Gasteiger partial charge on any atom is -0.444 e. The molecule has 3 rings (SSSR count). The first-order chi connectivity index (χ1) is 10.6. The molecule has 2 aromatic heterocycles. The zero-order valence-corrected chi connectivity index (χ0v) is 13.2. The molecule has 0 saturated carbocycles. The van der Waals surface area contributed by atoms with Gasteiger partial charge in [-0.05, 0) is 32.2 Å². The lowest BCUT2D eigenvalue weighted by Crippen LogP contribution is -2.17. The molecule has 6 heteroatoms. The van der Waals surface area contributed by atoms with Gasteiger partial charge in [0.05, 0.1) is 11.4 Å². The number of hydrogen-bond acceptors (Lipinski definition) is 5. The van der Waals surface area contributed by atoms with E-state index in [0.717, 1.165) is 22.7 Å². The average Bonchev–Trinajstić information content (AvgIpc) is 3.08. The molecule has 0 bridgehead atoms. The number of halogens is 1. The summed E-state index contributed by atoms with van der Waals surface area (Å²) in [5, 5.41) is 4.65. The van der Waals surface area contributed by atoms with E-state index in [9.17, 15) is 0 Å². The summed E-state index contributed by atoms with van der Waals surface area (Å²) in [5.41, 5.74) is 2.63. The lowest BCUT2D eigenvalue weighted by atomic mass is 10.2. The van der Waals surface area contributed by atoms with Gasteiger partial charge < -0.3 is 8.94 Å². The van der Waals surface area contributed by atoms with Gasteiger partial charge in [0.2, 0.25) is 5.89 Å². The van der Waals surface area contributed by atoms with Crippen molar-refractivity contribution in [2.45, 2.75) is 20.0 Å². The summed E-state index contributed by atoms with van der Waals surface area (Å²) in [6.07, 6.45) is 1.67. The van der Waals surface area contributed by atoms with Crippen molar-refractivity contribution in [3.8, 4) is 11.5 Å². The van der Waals surface area contributed by atoms with Gasteiger partial charge in [0.15, 0.2) is 0 Å². The smallest absolute Gasteiger partial charge is 0.226 e. The van der Waals surface area contributed by atoms with E-state index in [0.29, 0.717) is 24.0 Å². The number of rotatable bonds is 5. The molecule has 22 heavy (non-hydrogen) atoms. The zero-order chi connectivity index (χ0) is 15.5. The van der Waals surface area contributed by atoms with Gasteiger partial charge in [-0.3, -0.25) is 4.90 Å². The summed E-state index contributed by atoms with van der Waals surface area (Å²) >= 11 is 5.98. The summed E-state index contributed by atoms with van der Waals surface area (Å²) in [5.74, 6) is 1.39. The molecular weight excluding hydrogens is 302 g/mol. The molecule has 3 aromatic rings. The number of nitrogens with zero attached hydrogens (tertiary/aromatic N) is 3. The van der Waals surface area contributed by atoms with Crippen molar-refractivity contribution in [1.82, 2.24) is 15.0 Å². The molecule has 114 valence electrons. The highest BCUT2D eigenvalue weighted by atomic mass is 35.5. The SMILES string of the molecule is Cc1cc(CN(C)Cc2coc(-c3cccc(Cl)c3)n2)no1. The van der Waals surface area contributed by atoms with Gasteiger partial charge in [0.1, 0.15) is 12.0 Å². The Labute approximate surface area is 133 Å². The van der Waals surface area contributed by atoms with Gasteiger partial charge >= 0.3 is 0 Å². The van der Waals surface area contributed by atoms with Crippen LogP contribution < -0.4 is 0 Å². The standard InChI is InChI=1S/C16H16ClN3O2/c1-11-6-14(19-22-11)8-20(2)9-15-10-21-16(18-15)12-4-3-5-13(17)7-12/h3-7,10H,8-9H2,1-2H3. The number of hydrogen-bond donors (Lipinski definition) is 0. The third-order valence-corrected chi connectivity index (χ3v) is 3.40. The number of aromatic nitrogens is 2. The molecule has 0 amide bonds. The Kier molecular flexibility index (Phi) is 4.27. The minimum atomic E-state index is 0.572. The molecule has 0 fully saturated rings. The summed E-state index contributed by atoms with van der Waals surface area (Å²) in [4.78, 5) is 6.59. The third kappa shape index (κ3) is 3.55. The summed E-state index contributed by atoms with van der Waals surface area (Å²) < 4.78 is 10.6. The van der Waals surface area contributed by atoms with Crippen molar-refractivity contribution in [3.05, 3.63) is 58.8 Å². The van der Waals surface area contributed by atoms with Gasteiger partial charge in [-0.2, -0.15) is 0 Å². The van der Waals surface area contributed by atoms with Crippen LogP contribution in [0.5, 0.6) is 0 Å². The predicted octanol–water partition coefficient (Wildman–Crippen LogP) is 3.92. The van der Waals surface area contributed by atoms with Crippen LogP contribution in [0.4, 0.5) is 0 Å². The molecule has 0 unspecified atom stereocenters. The molecule has 2 heterocycles. The molecule has 0 aliphatic heterocycles. The molecule has 0 N–H and O–H groups in total. The average molecular weight is 318 g/mol. The Bertz CT molecular complexity index is 766. The molecule has 0 saturated heterocycles. The van der Waals surface area contributed by atoms with Crippen LogP contribution in [-0.2, 0) is 13.1 Å². The molecule has 1 aromatic carbocycles. The fraction of sp³-hybridized carbons (Fsp3) is 0.250. The normalized spacial score (nSPS) is 11.3. The van der Waals surface area contributed by atoms with Crippen molar-refractivity contribution >= 4 is 11.6 Å². The van der Waals surface area contributed by atoms with Gasteiger partial charge in [-0.1, -0.05) is 22.8 Å². The predicted molar refractivity (Wildman–Crippen MR) is 83.4 cm³/mol. The first-order valence-electron chi connectivity index (χ1n) is 6.91. The first kappa shape index (κ1) is 14.8. The highest BCUT2D eigenvalue weighted by Gasteiger charge is 2.11. The maximum absolute atomic E-state index is 5.98. The van der Waals surface area contributed by atoms with Crippen molar-refractivity contribution in [3.63, 3.8) is 0 Å². The van der Waals surface area contributed by atoms with Crippen molar-refractivity contribution in [2.24, 2.45) is 0 Å². The second kappa shape index (κ2) is 6.34. The molecule has 5 nitrogen and oxygen atoms in total. The van der Waals surface area contributed by atoms with Crippen LogP contribution in [0.3, 0.4) is 0 Å². The molecule has 0 aliphatic rings. The fourth-order valence-electron chi connectivity index (χ4n) is 2.24. The number of oxazole rings is 1. The zero-order valence-electron chi connectivity index (χ0n) is 12.4. The Hall–Kier alpha value is -2.11. The molecule has 0 atom stereocenters. The van der Waals surface area contributed by atoms with E-state index in [-0.39, 0.29) is 0 Å². The molecule has 0 spiro atoms. The minimum absolute atomic E-state index is 0.572. The highest BCUT2D eigenvalue weighted by Crippen LogP contribution is 2.22. The molecular formula is C16H16ClN3O2. The molecule has 0 aliphatic carbocycles. The van der Waals surface area contributed by atoms with Crippen LogP contribution in [0, 0.1) is 6.92 Å². The van der Waals surface area contributed by atoms with Crippen molar-refractivity contribution < 1.29 is 8.94 Å². The van der Waals surface area contributed by atoms with E-state index in [1.165, 1.54) is 0 Å². The topological polar surface area (TPSA) is 55.3 Å². The summed E-state index contributed by atoms with van der Waals surface area (Å²) in [6.45, 7) is 3.23. The van der Waals surface area contributed by atoms with E-state index in [1.807, 2.05) is 44.3 Å². The van der Waals surface area contributed by atoms with Crippen LogP contribution in [0.2, 0.25) is 5.02 Å². The Morgan fingerprint density at radius 1 is 1.18 bits per heavy atom. The second-order valence-electron chi connectivity index (χ2n) is 5.26. The van der Waals surface area contributed by atoms with Crippen LogP contribution in [0.25, 0.3) is 11.5 Å². The maximum Gasteiger partial charge on any atom is 0.226 e. The van der Waals surface area contributed by atoms with Gasteiger partial charge in [-0.15, -0.1) is 0 Å². The summed E-state index contributed by atoms with van der Waals surface area (Å²) in [7, 11) is 2.00. The Morgan fingerprint density at radius 3 is 2.73 bits per heavy atom. The van der Waals surface area contributed by atoms with Gasteiger partial charge in [0.25, 0.3) is 0 Å². The van der Waals surface area contributed by atoms with Crippen LogP contribution in [-0.4, -0.2) is 22.1 Å². The van der Waals surface area contributed by atoms with Crippen LogP contribution in [0.1, 0.15) is 17.1 Å². The van der Waals surface area contributed by atoms with E-state index in [1.54, 1.807) is 6.26 Å².